The van der Waals surface area contributed by atoms with E-state index in [1.165, 1.54) is 19.3 Å². The van der Waals surface area contributed by atoms with Gasteiger partial charge >= 0.3 is 0 Å². The van der Waals surface area contributed by atoms with Crippen LogP contribution in [0.25, 0.3) is 0 Å². The molecule has 0 spiro atoms. The minimum atomic E-state index is 0.624. The maximum absolute atomic E-state index is 3.57. The summed E-state index contributed by atoms with van der Waals surface area (Å²) in [4.78, 5) is 2.53. The first-order chi connectivity index (χ1) is 7.88. The van der Waals surface area contributed by atoms with Crippen molar-refractivity contribution in [3.63, 3.8) is 0 Å². The first kappa shape index (κ1) is 16.9. The first-order valence-electron chi connectivity index (χ1n) is 7.33. The van der Waals surface area contributed by atoms with E-state index in [-0.39, 0.29) is 0 Å². The van der Waals surface area contributed by atoms with Crippen molar-refractivity contribution in [1.82, 2.24) is 10.2 Å². The number of rotatable bonds is 9. The molecule has 0 saturated heterocycles. The number of nitrogens with zero attached hydrogens (tertiary/aromatic N) is 1. The molecular formula is C15H34N2. The van der Waals surface area contributed by atoms with E-state index in [4.69, 9.17) is 0 Å². The smallest absolute Gasteiger partial charge is 0.00814 e. The molecule has 0 amide bonds. The maximum atomic E-state index is 3.57. The molecule has 1 N–H and O–H groups in total. The van der Waals surface area contributed by atoms with Crippen LogP contribution in [0.3, 0.4) is 0 Å². The summed E-state index contributed by atoms with van der Waals surface area (Å²) in [5.41, 5.74) is 0. The summed E-state index contributed by atoms with van der Waals surface area (Å²) in [6, 6.07) is 1.96. The fourth-order valence-electron chi connectivity index (χ4n) is 2.43. The van der Waals surface area contributed by atoms with E-state index in [0.29, 0.717) is 18.1 Å². The van der Waals surface area contributed by atoms with Crippen molar-refractivity contribution in [3.05, 3.63) is 0 Å². The summed E-state index contributed by atoms with van der Waals surface area (Å²) in [6.07, 6.45) is 3.74. The van der Waals surface area contributed by atoms with Gasteiger partial charge in [-0.15, -0.1) is 0 Å². The van der Waals surface area contributed by atoms with E-state index >= 15 is 0 Å². The highest BCUT2D eigenvalue weighted by molar-refractivity contribution is 4.75. The third-order valence-electron chi connectivity index (χ3n) is 3.64. The molecule has 0 heterocycles. The van der Waals surface area contributed by atoms with Crippen molar-refractivity contribution in [2.75, 3.05) is 13.6 Å². The SMILES string of the molecule is CCCNC(C)CC(C)N(C)C(C)CC(C)C. The Labute approximate surface area is 109 Å². The van der Waals surface area contributed by atoms with Gasteiger partial charge in [-0.1, -0.05) is 20.8 Å². The van der Waals surface area contributed by atoms with E-state index in [1.54, 1.807) is 0 Å². The zero-order valence-corrected chi connectivity index (χ0v) is 13.1. The van der Waals surface area contributed by atoms with Crippen LogP contribution in [0, 0.1) is 5.92 Å². The summed E-state index contributed by atoms with van der Waals surface area (Å²) < 4.78 is 0. The fourth-order valence-corrected chi connectivity index (χ4v) is 2.43. The van der Waals surface area contributed by atoms with Crippen LogP contribution >= 0.6 is 0 Å². The molecule has 0 rings (SSSR count). The Morgan fingerprint density at radius 3 is 1.94 bits per heavy atom. The van der Waals surface area contributed by atoms with Crippen LogP contribution in [0.15, 0.2) is 0 Å². The molecule has 0 aliphatic carbocycles. The Hall–Kier alpha value is -0.0800. The second-order valence-corrected chi connectivity index (χ2v) is 6.08. The van der Waals surface area contributed by atoms with Crippen LogP contribution in [-0.2, 0) is 0 Å². The van der Waals surface area contributed by atoms with Crippen LogP contribution < -0.4 is 5.32 Å². The highest BCUT2D eigenvalue weighted by atomic mass is 15.2. The third kappa shape index (κ3) is 7.77. The molecule has 0 aliphatic heterocycles. The van der Waals surface area contributed by atoms with Crippen molar-refractivity contribution in [2.24, 2.45) is 5.92 Å². The van der Waals surface area contributed by atoms with Gasteiger partial charge in [0.2, 0.25) is 0 Å². The van der Waals surface area contributed by atoms with Gasteiger partial charge in [-0.25, -0.2) is 0 Å². The molecular weight excluding hydrogens is 208 g/mol. The van der Waals surface area contributed by atoms with Crippen LogP contribution in [0.2, 0.25) is 0 Å². The standard InChI is InChI=1S/C15H34N2/c1-8-9-16-13(4)11-15(6)17(7)14(5)10-12(2)3/h12-16H,8-11H2,1-7H3. The molecule has 0 bridgehead atoms. The highest BCUT2D eigenvalue weighted by Gasteiger charge is 2.18. The Balaban J connectivity index is 3.98. The zero-order chi connectivity index (χ0) is 13.4. The van der Waals surface area contributed by atoms with Gasteiger partial charge in [0.1, 0.15) is 0 Å². The van der Waals surface area contributed by atoms with Gasteiger partial charge in [0.05, 0.1) is 0 Å². The second kappa shape index (κ2) is 8.93. The van der Waals surface area contributed by atoms with Gasteiger partial charge in [0.15, 0.2) is 0 Å². The topological polar surface area (TPSA) is 15.3 Å². The first-order valence-corrected chi connectivity index (χ1v) is 7.33. The molecule has 2 nitrogen and oxygen atoms in total. The molecule has 0 aliphatic rings. The summed E-state index contributed by atoms with van der Waals surface area (Å²) in [6.45, 7) is 15.0. The lowest BCUT2D eigenvalue weighted by Gasteiger charge is -2.33. The van der Waals surface area contributed by atoms with Gasteiger partial charge in [0.25, 0.3) is 0 Å². The second-order valence-electron chi connectivity index (χ2n) is 6.08. The number of nitrogens with one attached hydrogen (secondary N) is 1. The summed E-state index contributed by atoms with van der Waals surface area (Å²) in [5, 5.41) is 3.57. The van der Waals surface area contributed by atoms with Gasteiger partial charge in [-0.05, 0) is 59.5 Å². The lowest BCUT2D eigenvalue weighted by Crippen LogP contribution is -2.41. The summed E-state index contributed by atoms with van der Waals surface area (Å²) in [7, 11) is 2.27. The molecule has 0 aromatic heterocycles. The molecule has 0 fully saturated rings. The van der Waals surface area contributed by atoms with Crippen molar-refractivity contribution in [1.29, 1.82) is 0 Å². The van der Waals surface area contributed by atoms with Crippen molar-refractivity contribution in [2.45, 2.75) is 78.9 Å². The van der Waals surface area contributed by atoms with Crippen molar-refractivity contribution in [3.8, 4) is 0 Å². The van der Waals surface area contributed by atoms with Crippen LogP contribution in [0.1, 0.15) is 60.8 Å². The van der Waals surface area contributed by atoms with Crippen molar-refractivity contribution < 1.29 is 0 Å². The van der Waals surface area contributed by atoms with Crippen LogP contribution in [0.4, 0.5) is 0 Å². The minimum Gasteiger partial charge on any atom is -0.314 e. The lowest BCUT2D eigenvalue weighted by molar-refractivity contribution is 0.159. The average Bonchev–Trinajstić information content (AvgIpc) is 2.24. The molecule has 17 heavy (non-hydrogen) atoms. The predicted molar refractivity (Wildman–Crippen MR) is 78.5 cm³/mol. The lowest BCUT2D eigenvalue weighted by atomic mass is 10.0. The fraction of sp³-hybridized carbons (Fsp3) is 1.00. The molecule has 0 aromatic rings. The molecule has 3 atom stereocenters. The van der Waals surface area contributed by atoms with Crippen LogP contribution in [-0.4, -0.2) is 36.6 Å². The Bertz CT molecular complexity index is 180. The molecule has 0 radical (unpaired) electrons. The Morgan fingerprint density at radius 2 is 1.47 bits per heavy atom. The van der Waals surface area contributed by atoms with Crippen molar-refractivity contribution >= 4 is 0 Å². The molecule has 3 unspecified atom stereocenters. The average molecular weight is 242 g/mol. The maximum Gasteiger partial charge on any atom is 0.00814 e. The number of hydrogen-bond acceptors (Lipinski definition) is 2. The normalized spacial score (nSPS) is 17.5. The quantitative estimate of drug-likeness (QED) is 0.665. The number of hydrogen-bond donors (Lipinski definition) is 1. The van der Waals surface area contributed by atoms with Gasteiger partial charge in [0, 0.05) is 18.1 Å². The predicted octanol–water partition coefficient (Wildman–Crippen LogP) is 3.52. The highest BCUT2D eigenvalue weighted by Crippen LogP contribution is 2.14. The van der Waals surface area contributed by atoms with E-state index in [2.05, 4.69) is 58.8 Å². The van der Waals surface area contributed by atoms with E-state index < -0.39 is 0 Å². The Morgan fingerprint density at radius 1 is 0.941 bits per heavy atom. The van der Waals surface area contributed by atoms with Gasteiger partial charge in [-0.2, -0.15) is 0 Å². The van der Waals surface area contributed by atoms with E-state index in [0.717, 1.165) is 12.5 Å². The van der Waals surface area contributed by atoms with Crippen LogP contribution in [0.5, 0.6) is 0 Å². The zero-order valence-electron chi connectivity index (χ0n) is 13.1. The van der Waals surface area contributed by atoms with E-state index in [1.807, 2.05) is 0 Å². The summed E-state index contributed by atoms with van der Waals surface area (Å²) in [5.74, 6) is 0.787. The monoisotopic (exact) mass is 242 g/mol. The molecule has 0 aromatic carbocycles. The molecule has 104 valence electrons. The molecule has 0 saturated carbocycles. The Kier molecular flexibility index (Phi) is 8.89. The van der Waals surface area contributed by atoms with Gasteiger partial charge < -0.3 is 10.2 Å². The van der Waals surface area contributed by atoms with E-state index in [9.17, 15) is 0 Å². The summed E-state index contributed by atoms with van der Waals surface area (Å²) >= 11 is 0. The third-order valence-corrected chi connectivity index (χ3v) is 3.64. The largest absolute Gasteiger partial charge is 0.314 e. The van der Waals surface area contributed by atoms with Gasteiger partial charge in [-0.3, -0.25) is 0 Å². The molecule has 2 heteroatoms. The minimum absolute atomic E-state index is 0.624.